The number of carbonyl (C=O) groups excluding carboxylic acids is 2. The van der Waals surface area contributed by atoms with E-state index in [-0.39, 0.29) is 11.1 Å². The molecule has 0 aliphatic carbocycles. The molecule has 7 nitrogen and oxygen atoms in total. The van der Waals surface area contributed by atoms with Crippen LogP contribution in [-0.2, 0) is 4.79 Å². The van der Waals surface area contributed by atoms with Gasteiger partial charge in [0.05, 0.1) is 23.1 Å². The summed E-state index contributed by atoms with van der Waals surface area (Å²) < 4.78 is 5.69. The highest BCUT2D eigenvalue weighted by Gasteiger charge is 2.25. The molecule has 2 aromatic heterocycles. The number of benzene rings is 1. The van der Waals surface area contributed by atoms with Crippen LogP contribution in [-0.4, -0.2) is 54.3 Å². The van der Waals surface area contributed by atoms with Gasteiger partial charge in [-0.05, 0) is 48.6 Å². The average Bonchev–Trinajstić information content (AvgIpc) is 3.31. The number of amides is 2. The molecule has 0 saturated carbocycles. The van der Waals surface area contributed by atoms with Gasteiger partial charge < -0.3 is 14.2 Å². The highest BCUT2D eigenvalue weighted by atomic mass is 32.2. The van der Waals surface area contributed by atoms with Crippen LogP contribution in [0.4, 0.5) is 10.5 Å². The number of likely N-dealkylation sites (N-methyl/N-ethyl adjacent to an activating group) is 1. The Kier molecular flexibility index (Phi) is 4.80. The maximum atomic E-state index is 11.8. The fraction of sp³-hybridized carbons (Fsp3) is 0.227. The molecule has 3 aromatic rings. The monoisotopic (exact) mass is 420 g/mol. The predicted molar refractivity (Wildman–Crippen MR) is 118 cm³/mol. The lowest BCUT2D eigenvalue weighted by atomic mass is 10.0. The molecule has 0 radical (unpaired) electrons. The third-order valence-electron chi connectivity index (χ3n) is 5.45. The third kappa shape index (κ3) is 3.59. The number of furan rings is 1. The van der Waals surface area contributed by atoms with Gasteiger partial charge in [-0.25, -0.2) is 0 Å². The van der Waals surface area contributed by atoms with Crippen LogP contribution in [0.25, 0.3) is 28.2 Å². The van der Waals surface area contributed by atoms with Crippen molar-refractivity contribution in [2.45, 2.75) is 0 Å². The lowest BCUT2D eigenvalue weighted by Gasteiger charge is -2.34. The molecule has 2 fully saturated rings. The summed E-state index contributed by atoms with van der Waals surface area (Å²) in [6.07, 6.45) is 5.00. The molecule has 0 spiro atoms. The number of anilines is 1. The topological polar surface area (TPSA) is 78.7 Å². The van der Waals surface area contributed by atoms with E-state index in [1.807, 2.05) is 6.07 Å². The summed E-state index contributed by atoms with van der Waals surface area (Å²) in [5.74, 6) is -0.390. The number of hydrogen-bond acceptors (Lipinski definition) is 7. The summed E-state index contributed by atoms with van der Waals surface area (Å²) in [6, 6.07) is 10.4. The Balaban J connectivity index is 1.44. The van der Waals surface area contributed by atoms with E-state index in [0.717, 1.165) is 54.5 Å². The Labute approximate surface area is 177 Å². The number of hydrogen-bond donors (Lipinski definition) is 1. The van der Waals surface area contributed by atoms with Gasteiger partial charge in [0.15, 0.2) is 5.58 Å². The van der Waals surface area contributed by atoms with Crippen molar-refractivity contribution in [1.29, 1.82) is 0 Å². The molecule has 2 amide bonds. The molecule has 0 atom stereocenters. The van der Waals surface area contributed by atoms with E-state index in [9.17, 15) is 9.59 Å². The molecular formula is C22H20N4O3S. The third-order valence-corrected chi connectivity index (χ3v) is 6.26. The van der Waals surface area contributed by atoms with Crippen molar-refractivity contribution >= 4 is 45.6 Å². The van der Waals surface area contributed by atoms with Crippen molar-refractivity contribution in [2.75, 3.05) is 38.1 Å². The SMILES string of the molecule is CN1CCN(c2ccc(-c3coc4cnc(/C=C5\SC(=O)NC5=O)cc34)cc2)CC1. The molecular weight excluding hydrogens is 400 g/mol. The van der Waals surface area contributed by atoms with Crippen molar-refractivity contribution in [2.24, 2.45) is 0 Å². The number of piperazine rings is 1. The standard InChI is InChI=1S/C22H20N4O3S/c1-25-6-8-26(9-7-25)16-4-2-14(3-5-16)18-13-29-19-12-23-15(10-17(18)19)11-20-21(27)24-22(28)30-20/h2-5,10-13H,6-9H2,1H3,(H,24,27,28)/b20-11-. The summed E-state index contributed by atoms with van der Waals surface area (Å²) in [7, 11) is 2.15. The second-order valence-electron chi connectivity index (χ2n) is 7.44. The summed E-state index contributed by atoms with van der Waals surface area (Å²) in [4.78, 5) is 32.6. The predicted octanol–water partition coefficient (Wildman–Crippen LogP) is 3.57. The minimum Gasteiger partial charge on any atom is -0.462 e. The zero-order valence-electron chi connectivity index (χ0n) is 16.4. The van der Waals surface area contributed by atoms with Gasteiger partial charge in [-0.15, -0.1) is 0 Å². The Hall–Kier alpha value is -3.10. The van der Waals surface area contributed by atoms with Crippen LogP contribution in [0.3, 0.4) is 0 Å². The number of aromatic nitrogens is 1. The molecule has 4 heterocycles. The average molecular weight is 420 g/mol. The first-order chi connectivity index (χ1) is 14.6. The Morgan fingerprint density at radius 1 is 1.13 bits per heavy atom. The zero-order chi connectivity index (χ0) is 20.7. The van der Waals surface area contributed by atoms with Gasteiger partial charge in [0, 0.05) is 42.8 Å². The van der Waals surface area contributed by atoms with E-state index in [1.54, 1.807) is 18.5 Å². The van der Waals surface area contributed by atoms with E-state index < -0.39 is 0 Å². The fourth-order valence-corrected chi connectivity index (χ4v) is 4.39. The minimum absolute atomic E-state index is 0.341. The number of pyridine rings is 1. The largest absolute Gasteiger partial charge is 0.462 e. The second kappa shape index (κ2) is 7.62. The van der Waals surface area contributed by atoms with Crippen LogP contribution in [0, 0.1) is 0 Å². The van der Waals surface area contributed by atoms with Crippen LogP contribution < -0.4 is 10.2 Å². The molecule has 2 saturated heterocycles. The lowest BCUT2D eigenvalue weighted by Crippen LogP contribution is -2.44. The quantitative estimate of drug-likeness (QED) is 0.649. The molecule has 1 N–H and O–H groups in total. The van der Waals surface area contributed by atoms with E-state index >= 15 is 0 Å². The summed E-state index contributed by atoms with van der Waals surface area (Å²) >= 11 is 0.882. The van der Waals surface area contributed by atoms with Crippen LogP contribution in [0.2, 0.25) is 0 Å². The fourth-order valence-electron chi connectivity index (χ4n) is 3.72. The van der Waals surface area contributed by atoms with Crippen molar-refractivity contribution in [3.05, 3.63) is 53.4 Å². The van der Waals surface area contributed by atoms with Gasteiger partial charge in [0.25, 0.3) is 11.1 Å². The van der Waals surface area contributed by atoms with Crippen molar-refractivity contribution in [1.82, 2.24) is 15.2 Å². The number of rotatable bonds is 3. The number of imide groups is 1. The number of carbonyl (C=O) groups is 2. The van der Waals surface area contributed by atoms with E-state index in [0.29, 0.717) is 16.2 Å². The molecule has 2 aliphatic rings. The smallest absolute Gasteiger partial charge is 0.290 e. The molecule has 0 bridgehead atoms. The summed E-state index contributed by atoms with van der Waals surface area (Å²) in [5, 5.41) is 2.81. The molecule has 152 valence electrons. The maximum absolute atomic E-state index is 11.8. The van der Waals surface area contributed by atoms with Gasteiger partial charge in [-0.1, -0.05) is 12.1 Å². The number of nitrogens with one attached hydrogen (secondary N) is 1. The summed E-state index contributed by atoms with van der Waals surface area (Å²) in [5.41, 5.74) is 4.53. The first-order valence-electron chi connectivity index (χ1n) is 9.73. The van der Waals surface area contributed by atoms with Gasteiger partial charge in [-0.3, -0.25) is 19.9 Å². The highest BCUT2D eigenvalue weighted by Crippen LogP contribution is 2.33. The lowest BCUT2D eigenvalue weighted by molar-refractivity contribution is -0.115. The normalized spacial score (nSPS) is 19.1. The first kappa shape index (κ1) is 18.9. The Morgan fingerprint density at radius 3 is 2.60 bits per heavy atom. The van der Waals surface area contributed by atoms with Crippen molar-refractivity contribution in [3.63, 3.8) is 0 Å². The van der Waals surface area contributed by atoms with E-state index in [4.69, 9.17) is 4.42 Å². The van der Waals surface area contributed by atoms with Crippen molar-refractivity contribution < 1.29 is 14.0 Å². The van der Waals surface area contributed by atoms with Gasteiger partial charge in [-0.2, -0.15) is 0 Å². The molecule has 2 aliphatic heterocycles. The van der Waals surface area contributed by atoms with Gasteiger partial charge in [0.2, 0.25) is 0 Å². The second-order valence-corrected chi connectivity index (χ2v) is 8.46. The zero-order valence-corrected chi connectivity index (χ0v) is 17.2. The van der Waals surface area contributed by atoms with E-state index in [1.165, 1.54) is 5.69 Å². The molecule has 30 heavy (non-hydrogen) atoms. The highest BCUT2D eigenvalue weighted by molar-refractivity contribution is 8.18. The van der Waals surface area contributed by atoms with Crippen molar-refractivity contribution in [3.8, 4) is 11.1 Å². The van der Waals surface area contributed by atoms with Crippen LogP contribution in [0.15, 0.2) is 52.1 Å². The molecule has 1 aromatic carbocycles. The Bertz CT molecular complexity index is 1160. The van der Waals surface area contributed by atoms with Crippen LogP contribution in [0.1, 0.15) is 5.69 Å². The number of nitrogens with zero attached hydrogens (tertiary/aromatic N) is 3. The van der Waals surface area contributed by atoms with Gasteiger partial charge >= 0.3 is 0 Å². The molecule has 8 heteroatoms. The van der Waals surface area contributed by atoms with Crippen LogP contribution in [0.5, 0.6) is 0 Å². The van der Waals surface area contributed by atoms with Crippen LogP contribution >= 0.6 is 11.8 Å². The Morgan fingerprint density at radius 2 is 1.90 bits per heavy atom. The number of fused-ring (bicyclic) bond motifs is 1. The maximum Gasteiger partial charge on any atom is 0.290 e. The molecule has 0 unspecified atom stereocenters. The first-order valence-corrected chi connectivity index (χ1v) is 10.5. The summed E-state index contributed by atoms with van der Waals surface area (Å²) in [6.45, 7) is 4.20. The minimum atomic E-state index is -0.390. The van der Waals surface area contributed by atoms with Gasteiger partial charge in [0.1, 0.15) is 0 Å². The number of thioether (sulfide) groups is 1. The van der Waals surface area contributed by atoms with E-state index in [2.05, 4.69) is 51.4 Å². The molecule has 5 rings (SSSR count).